The maximum atomic E-state index is 10.3. The fourth-order valence-corrected chi connectivity index (χ4v) is 3.35. The van der Waals surface area contributed by atoms with Gasteiger partial charge in [-0.2, -0.15) is 0 Å². The number of aryl methyl sites for hydroxylation is 2. The van der Waals surface area contributed by atoms with Crippen molar-refractivity contribution in [3.05, 3.63) is 55.2 Å². The molecule has 2 rings (SSSR count). The molecule has 0 radical (unpaired) electrons. The first-order valence-electron chi connectivity index (χ1n) is 5.19. The van der Waals surface area contributed by atoms with Gasteiger partial charge in [0.15, 0.2) is 0 Å². The van der Waals surface area contributed by atoms with Crippen LogP contribution in [0.4, 0.5) is 0 Å². The predicted octanol–water partition coefficient (Wildman–Crippen LogP) is 4.75. The third-order valence-corrected chi connectivity index (χ3v) is 4.35. The fraction of sp³-hybridized carbons (Fsp3) is 0.231. The van der Waals surface area contributed by atoms with Crippen LogP contribution < -0.4 is 0 Å². The van der Waals surface area contributed by atoms with Crippen LogP contribution in [0.5, 0.6) is 0 Å². The molecule has 1 unspecified atom stereocenters. The molecule has 1 heterocycles. The molecule has 0 aliphatic carbocycles. The summed E-state index contributed by atoms with van der Waals surface area (Å²) >= 11 is 13.5. The lowest BCUT2D eigenvalue weighted by atomic mass is 10.1. The Kier molecular flexibility index (Phi) is 3.79. The fourth-order valence-electron chi connectivity index (χ4n) is 1.80. The Bertz CT molecular complexity index is 548. The van der Waals surface area contributed by atoms with Gasteiger partial charge >= 0.3 is 0 Å². The molecule has 0 saturated carbocycles. The minimum absolute atomic E-state index is 0.496. The molecule has 1 atom stereocenters. The SMILES string of the molecule is Cc1cc(C)c(C(O)c2ccc(Cl)cc2Cl)s1. The first-order chi connectivity index (χ1) is 7.99. The zero-order valence-corrected chi connectivity index (χ0v) is 11.8. The molecule has 1 aromatic heterocycles. The van der Waals surface area contributed by atoms with Gasteiger partial charge in [-0.1, -0.05) is 29.3 Å². The summed E-state index contributed by atoms with van der Waals surface area (Å²) in [7, 11) is 0. The quantitative estimate of drug-likeness (QED) is 0.844. The second kappa shape index (κ2) is 4.99. The Morgan fingerprint density at radius 2 is 1.88 bits per heavy atom. The van der Waals surface area contributed by atoms with Crippen molar-refractivity contribution in [2.75, 3.05) is 0 Å². The molecule has 0 aliphatic rings. The van der Waals surface area contributed by atoms with E-state index >= 15 is 0 Å². The minimum atomic E-state index is -0.682. The Labute approximate surface area is 115 Å². The highest BCUT2D eigenvalue weighted by atomic mass is 35.5. The van der Waals surface area contributed by atoms with Gasteiger partial charge in [0.2, 0.25) is 0 Å². The Morgan fingerprint density at radius 1 is 1.18 bits per heavy atom. The summed E-state index contributed by atoms with van der Waals surface area (Å²) in [6.07, 6.45) is -0.682. The van der Waals surface area contributed by atoms with Crippen molar-refractivity contribution in [1.29, 1.82) is 0 Å². The summed E-state index contributed by atoms with van der Waals surface area (Å²) in [4.78, 5) is 2.12. The van der Waals surface area contributed by atoms with Gasteiger partial charge in [0.1, 0.15) is 6.10 Å². The molecule has 0 amide bonds. The van der Waals surface area contributed by atoms with Gasteiger partial charge in [0.25, 0.3) is 0 Å². The maximum absolute atomic E-state index is 10.3. The maximum Gasteiger partial charge on any atom is 0.115 e. The first kappa shape index (κ1) is 12.9. The molecule has 0 spiro atoms. The molecule has 0 bridgehead atoms. The number of benzene rings is 1. The van der Waals surface area contributed by atoms with Crippen molar-refractivity contribution < 1.29 is 5.11 Å². The van der Waals surface area contributed by atoms with Crippen LogP contribution in [0.2, 0.25) is 10.0 Å². The van der Waals surface area contributed by atoms with Crippen LogP contribution in [-0.2, 0) is 0 Å². The molecule has 90 valence electrons. The van der Waals surface area contributed by atoms with Gasteiger partial charge in [-0.3, -0.25) is 0 Å². The smallest absolute Gasteiger partial charge is 0.115 e. The summed E-state index contributed by atoms with van der Waals surface area (Å²) in [5.41, 5.74) is 1.78. The third kappa shape index (κ3) is 2.66. The molecule has 2 aromatic rings. The number of aliphatic hydroxyl groups is 1. The van der Waals surface area contributed by atoms with Crippen LogP contribution >= 0.6 is 34.5 Å². The molecule has 17 heavy (non-hydrogen) atoms. The third-order valence-electron chi connectivity index (χ3n) is 2.58. The van der Waals surface area contributed by atoms with E-state index in [0.29, 0.717) is 15.6 Å². The number of rotatable bonds is 2. The average molecular weight is 287 g/mol. The molecule has 1 nitrogen and oxygen atoms in total. The van der Waals surface area contributed by atoms with Crippen molar-refractivity contribution in [3.8, 4) is 0 Å². The summed E-state index contributed by atoms with van der Waals surface area (Å²) < 4.78 is 0. The summed E-state index contributed by atoms with van der Waals surface area (Å²) in [5.74, 6) is 0. The van der Waals surface area contributed by atoms with Crippen molar-refractivity contribution in [2.24, 2.45) is 0 Å². The zero-order chi connectivity index (χ0) is 12.6. The highest BCUT2D eigenvalue weighted by Gasteiger charge is 2.18. The van der Waals surface area contributed by atoms with E-state index in [1.807, 2.05) is 13.8 Å². The lowest BCUT2D eigenvalue weighted by Crippen LogP contribution is -1.99. The van der Waals surface area contributed by atoms with Gasteiger partial charge in [0, 0.05) is 25.4 Å². The first-order valence-corrected chi connectivity index (χ1v) is 6.76. The van der Waals surface area contributed by atoms with Crippen LogP contribution in [0.3, 0.4) is 0 Å². The monoisotopic (exact) mass is 286 g/mol. The van der Waals surface area contributed by atoms with Gasteiger partial charge < -0.3 is 5.11 Å². The van der Waals surface area contributed by atoms with E-state index < -0.39 is 6.10 Å². The van der Waals surface area contributed by atoms with E-state index in [-0.39, 0.29) is 0 Å². The van der Waals surface area contributed by atoms with E-state index in [1.165, 1.54) is 4.88 Å². The molecule has 0 saturated heterocycles. The average Bonchev–Trinajstić information content (AvgIpc) is 2.57. The molecular weight excluding hydrogens is 275 g/mol. The number of hydrogen-bond acceptors (Lipinski definition) is 2. The standard InChI is InChI=1S/C13H12Cl2OS/c1-7-5-8(2)17-13(7)12(16)10-4-3-9(14)6-11(10)15/h3-6,12,16H,1-2H3. The van der Waals surface area contributed by atoms with E-state index in [1.54, 1.807) is 29.5 Å². The minimum Gasteiger partial charge on any atom is -0.383 e. The summed E-state index contributed by atoms with van der Waals surface area (Å²) in [5, 5.41) is 11.4. The lowest BCUT2D eigenvalue weighted by molar-refractivity contribution is 0.223. The lowest BCUT2D eigenvalue weighted by Gasteiger charge is -2.12. The summed E-state index contributed by atoms with van der Waals surface area (Å²) in [6.45, 7) is 4.02. The van der Waals surface area contributed by atoms with Gasteiger partial charge in [-0.25, -0.2) is 0 Å². The van der Waals surface area contributed by atoms with Gasteiger partial charge in [0.05, 0.1) is 0 Å². The Hall–Kier alpha value is -0.540. The van der Waals surface area contributed by atoms with Crippen LogP contribution in [0, 0.1) is 13.8 Å². The van der Waals surface area contributed by atoms with Crippen molar-refractivity contribution in [2.45, 2.75) is 20.0 Å². The van der Waals surface area contributed by atoms with Crippen LogP contribution in [0.15, 0.2) is 24.3 Å². The van der Waals surface area contributed by atoms with E-state index in [0.717, 1.165) is 10.4 Å². The molecular formula is C13H12Cl2OS. The van der Waals surface area contributed by atoms with Gasteiger partial charge in [-0.05, 0) is 37.6 Å². The highest BCUT2D eigenvalue weighted by Crippen LogP contribution is 2.35. The van der Waals surface area contributed by atoms with Crippen molar-refractivity contribution >= 4 is 34.5 Å². The van der Waals surface area contributed by atoms with E-state index in [2.05, 4.69) is 6.07 Å². The van der Waals surface area contributed by atoms with E-state index in [9.17, 15) is 5.11 Å². The van der Waals surface area contributed by atoms with Gasteiger partial charge in [-0.15, -0.1) is 11.3 Å². The normalized spacial score (nSPS) is 12.8. The van der Waals surface area contributed by atoms with Crippen LogP contribution in [-0.4, -0.2) is 5.11 Å². The second-order valence-electron chi connectivity index (χ2n) is 3.97. The number of thiophene rings is 1. The number of aliphatic hydroxyl groups excluding tert-OH is 1. The van der Waals surface area contributed by atoms with Crippen molar-refractivity contribution in [1.82, 2.24) is 0 Å². The van der Waals surface area contributed by atoms with Crippen LogP contribution in [0.1, 0.15) is 27.0 Å². The number of halogens is 2. The van der Waals surface area contributed by atoms with Crippen molar-refractivity contribution in [3.63, 3.8) is 0 Å². The molecule has 0 aliphatic heterocycles. The van der Waals surface area contributed by atoms with Crippen LogP contribution in [0.25, 0.3) is 0 Å². The Morgan fingerprint density at radius 3 is 2.41 bits per heavy atom. The Balaban J connectivity index is 2.43. The zero-order valence-electron chi connectivity index (χ0n) is 9.50. The molecule has 1 N–H and O–H groups in total. The topological polar surface area (TPSA) is 20.2 Å². The summed E-state index contributed by atoms with van der Waals surface area (Å²) in [6, 6.07) is 7.22. The molecule has 4 heteroatoms. The number of hydrogen-bond donors (Lipinski definition) is 1. The second-order valence-corrected chi connectivity index (χ2v) is 6.10. The van der Waals surface area contributed by atoms with E-state index in [4.69, 9.17) is 23.2 Å². The largest absolute Gasteiger partial charge is 0.383 e. The molecule has 1 aromatic carbocycles. The molecule has 0 fully saturated rings. The predicted molar refractivity (Wildman–Crippen MR) is 74.3 cm³/mol. The highest BCUT2D eigenvalue weighted by molar-refractivity contribution is 7.12.